The summed E-state index contributed by atoms with van der Waals surface area (Å²) in [6.45, 7) is 0. The Labute approximate surface area is 136 Å². The largest absolute Gasteiger partial charge is 0.490 e. The summed E-state index contributed by atoms with van der Waals surface area (Å²) in [5, 5.41) is 15.0. The number of hydrogen-bond donors (Lipinski definition) is 1. The summed E-state index contributed by atoms with van der Waals surface area (Å²) >= 11 is 5.90. The zero-order valence-corrected chi connectivity index (χ0v) is 12.8. The molecule has 0 fully saturated rings. The Kier molecular flexibility index (Phi) is 5.27. The molecule has 0 bridgehead atoms. The van der Waals surface area contributed by atoms with E-state index in [0.717, 1.165) is 0 Å². The van der Waals surface area contributed by atoms with Gasteiger partial charge in [0.25, 0.3) is 5.91 Å². The predicted molar refractivity (Wildman–Crippen MR) is 86.2 cm³/mol. The van der Waals surface area contributed by atoms with Gasteiger partial charge in [0.1, 0.15) is 0 Å². The van der Waals surface area contributed by atoms with Crippen molar-refractivity contribution in [2.45, 2.75) is 0 Å². The third kappa shape index (κ3) is 4.04. The lowest BCUT2D eigenvalue weighted by molar-refractivity contribution is -0.385. The molecule has 0 aliphatic carbocycles. The van der Waals surface area contributed by atoms with Gasteiger partial charge in [-0.25, -0.2) is 5.43 Å². The number of methoxy groups -OCH3 is 1. The molecule has 2 aromatic carbocycles. The van der Waals surface area contributed by atoms with Crippen LogP contribution in [0.5, 0.6) is 5.75 Å². The van der Waals surface area contributed by atoms with E-state index in [-0.39, 0.29) is 17.0 Å². The number of nitro groups is 1. The lowest BCUT2D eigenvalue weighted by Crippen LogP contribution is -2.17. The molecular formula is C15H12ClN3O4. The molecule has 2 rings (SSSR count). The van der Waals surface area contributed by atoms with Gasteiger partial charge in [0.2, 0.25) is 0 Å². The summed E-state index contributed by atoms with van der Waals surface area (Å²) in [5.41, 5.74) is 2.85. The second-order valence-electron chi connectivity index (χ2n) is 4.37. The number of carbonyl (C=O) groups is 1. The van der Waals surface area contributed by atoms with Gasteiger partial charge in [-0.1, -0.05) is 23.7 Å². The van der Waals surface area contributed by atoms with Crippen molar-refractivity contribution in [3.63, 3.8) is 0 Å². The van der Waals surface area contributed by atoms with E-state index in [1.165, 1.54) is 25.5 Å². The molecule has 0 unspecified atom stereocenters. The fraction of sp³-hybridized carbons (Fsp3) is 0.0667. The van der Waals surface area contributed by atoms with Gasteiger partial charge >= 0.3 is 5.69 Å². The average Bonchev–Trinajstić information content (AvgIpc) is 2.55. The number of nitrogens with one attached hydrogen (secondary N) is 1. The van der Waals surface area contributed by atoms with Crippen molar-refractivity contribution in [1.82, 2.24) is 5.43 Å². The zero-order valence-electron chi connectivity index (χ0n) is 12.0. The first-order valence-corrected chi connectivity index (χ1v) is 6.81. The minimum Gasteiger partial charge on any atom is -0.490 e. The number of nitrogens with zero attached hydrogens (tertiary/aromatic N) is 2. The Bertz CT molecular complexity index is 777. The predicted octanol–water partition coefficient (Wildman–Crippen LogP) is 3.02. The first-order chi connectivity index (χ1) is 11.0. The third-order valence-corrected chi connectivity index (χ3v) is 3.23. The molecule has 0 spiro atoms. The van der Waals surface area contributed by atoms with Gasteiger partial charge in [0, 0.05) is 11.6 Å². The third-order valence-electron chi connectivity index (χ3n) is 2.90. The van der Waals surface area contributed by atoms with Crippen LogP contribution in [-0.2, 0) is 0 Å². The maximum absolute atomic E-state index is 11.9. The molecular weight excluding hydrogens is 322 g/mol. The van der Waals surface area contributed by atoms with E-state index >= 15 is 0 Å². The van der Waals surface area contributed by atoms with Crippen molar-refractivity contribution in [3.8, 4) is 5.75 Å². The van der Waals surface area contributed by atoms with E-state index in [1.54, 1.807) is 30.3 Å². The van der Waals surface area contributed by atoms with Crippen LogP contribution >= 0.6 is 11.6 Å². The van der Waals surface area contributed by atoms with Gasteiger partial charge in [-0.05, 0) is 24.3 Å². The van der Waals surface area contributed by atoms with Crippen molar-refractivity contribution in [3.05, 3.63) is 68.7 Å². The molecule has 0 aliphatic heterocycles. The molecule has 0 heterocycles. The van der Waals surface area contributed by atoms with Crippen LogP contribution < -0.4 is 10.2 Å². The van der Waals surface area contributed by atoms with Crippen LogP contribution in [0.3, 0.4) is 0 Å². The van der Waals surface area contributed by atoms with E-state index in [4.69, 9.17) is 16.3 Å². The van der Waals surface area contributed by atoms with E-state index in [1.807, 2.05) is 0 Å². The number of rotatable bonds is 5. The molecule has 118 valence electrons. The normalized spacial score (nSPS) is 10.5. The summed E-state index contributed by atoms with van der Waals surface area (Å²) in [5.74, 6) is -0.331. The lowest BCUT2D eigenvalue weighted by atomic mass is 10.2. The first-order valence-electron chi connectivity index (χ1n) is 6.43. The standard InChI is InChI=1S/C15H12ClN3O4/c1-23-14-7-6-10(8-13(14)19(21)22)9-17-18-15(20)11-4-2-3-5-12(11)16/h2-9H,1H3,(H,18,20)/b17-9+. The second kappa shape index (κ2) is 7.37. The number of carbonyl (C=O) groups excluding carboxylic acids is 1. The summed E-state index contributed by atoms with van der Waals surface area (Å²) in [7, 11) is 1.35. The van der Waals surface area contributed by atoms with Crippen LogP contribution in [-0.4, -0.2) is 24.2 Å². The van der Waals surface area contributed by atoms with Crippen LogP contribution in [0.1, 0.15) is 15.9 Å². The Morgan fingerprint density at radius 1 is 1.35 bits per heavy atom. The smallest absolute Gasteiger partial charge is 0.311 e. The van der Waals surface area contributed by atoms with Crippen molar-refractivity contribution < 1.29 is 14.5 Å². The fourth-order valence-corrected chi connectivity index (χ4v) is 2.02. The molecule has 23 heavy (non-hydrogen) atoms. The van der Waals surface area contributed by atoms with Crippen LogP contribution in [0.25, 0.3) is 0 Å². The monoisotopic (exact) mass is 333 g/mol. The number of ether oxygens (including phenoxy) is 1. The number of halogens is 1. The molecule has 0 saturated heterocycles. The quantitative estimate of drug-likeness (QED) is 0.517. The van der Waals surface area contributed by atoms with Crippen molar-refractivity contribution in [2.24, 2.45) is 5.10 Å². The minimum absolute atomic E-state index is 0.146. The number of amides is 1. The molecule has 1 N–H and O–H groups in total. The second-order valence-corrected chi connectivity index (χ2v) is 4.77. The first kappa shape index (κ1) is 16.4. The van der Waals surface area contributed by atoms with Gasteiger partial charge < -0.3 is 4.74 Å². The van der Waals surface area contributed by atoms with Crippen molar-refractivity contribution in [2.75, 3.05) is 7.11 Å². The van der Waals surface area contributed by atoms with E-state index in [2.05, 4.69) is 10.5 Å². The molecule has 0 saturated carbocycles. The van der Waals surface area contributed by atoms with Gasteiger partial charge in [-0.15, -0.1) is 0 Å². The van der Waals surface area contributed by atoms with E-state index in [0.29, 0.717) is 10.6 Å². The zero-order chi connectivity index (χ0) is 16.8. The Morgan fingerprint density at radius 2 is 2.09 bits per heavy atom. The topological polar surface area (TPSA) is 93.8 Å². The molecule has 7 nitrogen and oxygen atoms in total. The van der Waals surface area contributed by atoms with Crippen LogP contribution in [0.2, 0.25) is 5.02 Å². The number of nitro benzene ring substituents is 1. The molecule has 1 amide bonds. The molecule has 0 aromatic heterocycles. The average molecular weight is 334 g/mol. The lowest BCUT2D eigenvalue weighted by Gasteiger charge is -2.03. The highest BCUT2D eigenvalue weighted by atomic mass is 35.5. The summed E-state index contributed by atoms with van der Waals surface area (Å²) < 4.78 is 4.90. The molecule has 0 atom stereocenters. The summed E-state index contributed by atoms with van der Waals surface area (Å²) in [4.78, 5) is 22.3. The number of hydrazone groups is 1. The summed E-state index contributed by atoms with van der Waals surface area (Å²) in [6.07, 6.45) is 1.29. The Hall–Kier alpha value is -2.93. The van der Waals surface area contributed by atoms with Crippen molar-refractivity contribution in [1.29, 1.82) is 0 Å². The number of hydrogen-bond acceptors (Lipinski definition) is 5. The SMILES string of the molecule is COc1ccc(/C=N/NC(=O)c2ccccc2Cl)cc1[N+](=O)[O-]. The maximum Gasteiger partial charge on any atom is 0.311 e. The van der Waals surface area contributed by atoms with Gasteiger partial charge in [-0.3, -0.25) is 14.9 Å². The Balaban J connectivity index is 2.12. The highest BCUT2D eigenvalue weighted by Crippen LogP contribution is 2.26. The van der Waals surface area contributed by atoms with Gasteiger partial charge in [-0.2, -0.15) is 5.10 Å². The van der Waals surface area contributed by atoms with Crippen LogP contribution in [0.4, 0.5) is 5.69 Å². The summed E-state index contributed by atoms with van der Waals surface area (Å²) in [6, 6.07) is 10.9. The Morgan fingerprint density at radius 3 is 2.74 bits per heavy atom. The van der Waals surface area contributed by atoms with Gasteiger partial charge in [0.15, 0.2) is 5.75 Å². The molecule has 2 aromatic rings. The maximum atomic E-state index is 11.9. The van der Waals surface area contributed by atoms with E-state index in [9.17, 15) is 14.9 Å². The highest BCUT2D eigenvalue weighted by molar-refractivity contribution is 6.33. The molecule has 0 aliphatic rings. The molecule has 8 heteroatoms. The van der Waals surface area contributed by atoms with Gasteiger partial charge in [0.05, 0.1) is 28.8 Å². The van der Waals surface area contributed by atoms with Crippen LogP contribution in [0, 0.1) is 10.1 Å². The number of benzene rings is 2. The van der Waals surface area contributed by atoms with Crippen LogP contribution in [0.15, 0.2) is 47.6 Å². The molecule has 0 radical (unpaired) electrons. The van der Waals surface area contributed by atoms with Crippen molar-refractivity contribution >= 4 is 29.4 Å². The minimum atomic E-state index is -0.557. The fourth-order valence-electron chi connectivity index (χ4n) is 1.80. The highest BCUT2D eigenvalue weighted by Gasteiger charge is 2.14. The van der Waals surface area contributed by atoms with E-state index < -0.39 is 10.8 Å².